The Hall–Kier alpha value is -1.34. The molecule has 2 heterocycles. The number of aromatic amines is 1. The Bertz CT molecular complexity index is 460. The minimum absolute atomic E-state index is 0.0825. The number of aromatic nitrogens is 1. The Kier molecular flexibility index (Phi) is 4.03. The number of nitro groups is 1. The maximum atomic E-state index is 11.8. The molecule has 2 atom stereocenters. The van der Waals surface area contributed by atoms with Gasteiger partial charge in [0.1, 0.15) is 0 Å². The van der Waals surface area contributed by atoms with Crippen molar-refractivity contribution in [3.05, 3.63) is 28.1 Å². The zero-order valence-corrected chi connectivity index (χ0v) is 10.7. The van der Waals surface area contributed by atoms with E-state index in [1.54, 1.807) is 11.8 Å². The van der Waals surface area contributed by atoms with Crippen molar-refractivity contribution in [3.63, 3.8) is 0 Å². The van der Waals surface area contributed by atoms with E-state index in [0.717, 1.165) is 13.0 Å². The maximum Gasteiger partial charge on any atom is 0.287 e. The van der Waals surface area contributed by atoms with E-state index in [2.05, 4.69) is 4.98 Å². The zero-order valence-electron chi connectivity index (χ0n) is 9.92. The third-order valence-electron chi connectivity index (χ3n) is 2.91. The van der Waals surface area contributed by atoms with E-state index < -0.39 is 4.92 Å². The van der Waals surface area contributed by atoms with Crippen LogP contribution in [0.5, 0.6) is 0 Å². The Morgan fingerprint density at radius 1 is 1.72 bits per heavy atom. The SMILES string of the molecule is CC1OCCC1SCC(=O)c1cc([N+](=O)[O-])c[nH]1. The molecule has 1 aromatic rings. The molecule has 2 unspecified atom stereocenters. The second kappa shape index (κ2) is 5.53. The molecular weight excluding hydrogens is 256 g/mol. The first-order valence-electron chi connectivity index (χ1n) is 5.67. The first-order chi connectivity index (χ1) is 8.58. The Morgan fingerprint density at radius 2 is 2.50 bits per heavy atom. The molecule has 0 bridgehead atoms. The minimum Gasteiger partial charge on any atom is -0.377 e. The van der Waals surface area contributed by atoms with Crippen LogP contribution < -0.4 is 0 Å². The van der Waals surface area contributed by atoms with Crippen LogP contribution in [0.15, 0.2) is 12.3 Å². The molecular formula is C11H14N2O4S. The number of ketones is 1. The summed E-state index contributed by atoms with van der Waals surface area (Å²) >= 11 is 1.55. The molecule has 1 N–H and O–H groups in total. The first-order valence-corrected chi connectivity index (χ1v) is 6.72. The van der Waals surface area contributed by atoms with Gasteiger partial charge >= 0.3 is 0 Å². The fourth-order valence-corrected chi connectivity index (χ4v) is 2.97. The van der Waals surface area contributed by atoms with Crippen molar-refractivity contribution in [2.75, 3.05) is 12.4 Å². The second-order valence-electron chi connectivity index (χ2n) is 4.17. The van der Waals surface area contributed by atoms with Gasteiger partial charge in [-0.05, 0) is 13.3 Å². The van der Waals surface area contributed by atoms with E-state index >= 15 is 0 Å². The van der Waals surface area contributed by atoms with Crippen molar-refractivity contribution in [1.82, 2.24) is 4.98 Å². The summed E-state index contributed by atoms with van der Waals surface area (Å²) in [6.07, 6.45) is 2.35. The Labute approximate surface area is 108 Å². The van der Waals surface area contributed by atoms with Gasteiger partial charge in [0.05, 0.1) is 28.7 Å². The third-order valence-corrected chi connectivity index (χ3v) is 4.39. The molecule has 1 aliphatic heterocycles. The number of hydrogen-bond acceptors (Lipinski definition) is 5. The molecule has 1 aliphatic rings. The number of thioether (sulfide) groups is 1. The van der Waals surface area contributed by atoms with Gasteiger partial charge in [0, 0.05) is 17.9 Å². The number of nitrogens with one attached hydrogen (secondary N) is 1. The molecule has 0 aliphatic carbocycles. The van der Waals surface area contributed by atoms with Crippen LogP contribution in [-0.2, 0) is 4.74 Å². The molecule has 7 heteroatoms. The molecule has 1 saturated heterocycles. The molecule has 18 heavy (non-hydrogen) atoms. The predicted octanol–water partition coefficient (Wildman–Crippen LogP) is 2.02. The van der Waals surface area contributed by atoms with Crippen molar-refractivity contribution >= 4 is 23.2 Å². The van der Waals surface area contributed by atoms with E-state index in [-0.39, 0.29) is 17.6 Å². The van der Waals surface area contributed by atoms with Crippen LogP contribution in [0.25, 0.3) is 0 Å². The van der Waals surface area contributed by atoms with Crippen molar-refractivity contribution in [1.29, 1.82) is 0 Å². The second-order valence-corrected chi connectivity index (χ2v) is 5.39. The zero-order chi connectivity index (χ0) is 13.1. The fourth-order valence-electron chi connectivity index (χ4n) is 1.84. The highest BCUT2D eigenvalue weighted by atomic mass is 32.2. The first kappa shape index (κ1) is 13.1. The van der Waals surface area contributed by atoms with Gasteiger partial charge in [-0.1, -0.05) is 0 Å². The molecule has 98 valence electrons. The van der Waals surface area contributed by atoms with E-state index in [0.29, 0.717) is 16.7 Å². The highest BCUT2D eigenvalue weighted by molar-refractivity contribution is 8.00. The van der Waals surface area contributed by atoms with Gasteiger partial charge in [0.15, 0.2) is 5.78 Å². The van der Waals surface area contributed by atoms with Gasteiger partial charge in [0.2, 0.25) is 0 Å². The van der Waals surface area contributed by atoms with Gasteiger partial charge < -0.3 is 9.72 Å². The van der Waals surface area contributed by atoms with E-state index in [1.165, 1.54) is 12.3 Å². The van der Waals surface area contributed by atoms with E-state index in [1.807, 2.05) is 6.92 Å². The summed E-state index contributed by atoms with van der Waals surface area (Å²) < 4.78 is 5.41. The lowest BCUT2D eigenvalue weighted by atomic mass is 10.3. The third kappa shape index (κ3) is 2.91. The average Bonchev–Trinajstić information content (AvgIpc) is 2.94. The normalized spacial score (nSPS) is 23.2. The summed E-state index contributed by atoms with van der Waals surface area (Å²) in [5.74, 6) is 0.197. The monoisotopic (exact) mass is 270 g/mol. The lowest BCUT2D eigenvalue weighted by molar-refractivity contribution is -0.384. The van der Waals surface area contributed by atoms with Crippen LogP contribution in [0, 0.1) is 10.1 Å². The minimum atomic E-state index is -0.521. The van der Waals surface area contributed by atoms with Crippen molar-refractivity contribution in [2.45, 2.75) is 24.7 Å². The highest BCUT2D eigenvalue weighted by Crippen LogP contribution is 2.27. The molecule has 6 nitrogen and oxygen atoms in total. The van der Waals surface area contributed by atoms with E-state index in [9.17, 15) is 14.9 Å². The van der Waals surface area contributed by atoms with Crippen LogP contribution in [0.1, 0.15) is 23.8 Å². The standard InChI is InChI=1S/C11H14N2O4S/c1-7-11(2-3-17-7)18-6-10(14)9-4-8(5-12-9)13(15)16/h4-5,7,11-12H,2-3,6H2,1H3. The molecule has 0 amide bonds. The number of nitrogens with zero attached hydrogens (tertiary/aromatic N) is 1. The number of carbonyl (C=O) groups excluding carboxylic acids is 1. The van der Waals surface area contributed by atoms with Crippen molar-refractivity contribution in [3.8, 4) is 0 Å². The van der Waals surface area contributed by atoms with Crippen LogP contribution >= 0.6 is 11.8 Å². The number of carbonyl (C=O) groups is 1. The quantitative estimate of drug-likeness (QED) is 0.502. The van der Waals surface area contributed by atoms with Gasteiger partial charge in [-0.3, -0.25) is 14.9 Å². The summed E-state index contributed by atoms with van der Waals surface area (Å²) in [7, 11) is 0. The smallest absolute Gasteiger partial charge is 0.287 e. The largest absolute Gasteiger partial charge is 0.377 e. The van der Waals surface area contributed by atoms with Gasteiger partial charge in [0.25, 0.3) is 5.69 Å². The summed E-state index contributed by atoms with van der Waals surface area (Å²) in [6.45, 7) is 2.73. The Balaban J connectivity index is 1.89. The maximum absolute atomic E-state index is 11.8. The predicted molar refractivity (Wildman–Crippen MR) is 68.1 cm³/mol. The molecule has 0 radical (unpaired) electrons. The molecule has 1 aromatic heterocycles. The van der Waals surface area contributed by atoms with Gasteiger partial charge in [-0.15, -0.1) is 11.8 Å². The van der Waals surface area contributed by atoms with Crippen molar-refractivity contribution < 1.29 is 14.5 Å². The number of hydrogen-bond donors (Lipinski definition) is 1. The molecule has 0 aromatic carbocycles. The topological polar surface area (TPSA) is 85.2 Å². The van der Waals surface area contributed by atoms with Crippen LogP contribution in [0.2, 0.25) is 0 Å². The molecule has 1 fully saturated rings. The number of ether oxygens (including phenoxy) is 1. The van der Waals surface area contributed by atoms with E-state index in [4.69, 9.17) is 4.74 Å². The van der Waals surface area contributed by atoms with Crippen LogP contribution in [0.4, 0.5) is 5.69 Å². The summed E-state index contributed by atoms with van der Waals surface area (Å²) in [5, 5.41) is 10.8. The molecule has 2 rings (SSSR count). The molecule has 0 spiro atoms. The fraction of sp³-hybridized carbons (Fsp3) is 0.545. The summed E-state index contributed by atoms with van der Waals surface area (Å²) in [5.41, 5.74) is 0.210. The van der Waals surface area contributed by atoms with Crippen LogP contribution in [-0.4, -0.2) is 39.4 Å². The van der Waals surface area contributed by atoms with Gasteiger partial charge in [-0.2, -0.15) is 0 Å². The van der Waals surface area contributed by atoms with Gasteiger partial charge in [-0.25, -0.2) is 0 Å². The number of H-pyrrole nitrogens is 1. The average molecular weight is 270 g/mol. The highest BCUT2D eigenvalue weighted by Gasteiger charge is 2.25. The summed E-state index contributed by atoms with van der Waals surface area (Å²) in [6, 6.07) is 1.28. The number of Topliss-reactive ketones (excluding diaryl/α,β-unsaturated/α-hetero) is 1. The lowest BCUT2D eigenvalue weighted by Gasteiger charge is -2.12. The van der Waals surface area contributed by atoms with Crippen molar-refractivity contribution in [2.24, 2.45) is 0 Å². The lowest BCUT2D eigenvalue weighted by Crippen LogP contribution is -2.16. The Morgan fingerprint density at radius 3 is 3.06 bits per heavy atom. The van der Waals surface area contributed by atoms with Crippen LogP contribution in [0.3, 0.4) is 0 Å². The molecule has 0 saturated carbocycles. The summed E-state index contributed by atoms with van der Waals surface area (Å²) in [4.78, 5) is 24.4. The number of rotatable bonds is 5.